The van der Waals surface area contributed by atoms with Gasteiger partial charge in [-0.05, 0) is 35.4 Å². The number of aliphatic hydroxyl groups is 1. The lowest BCUT2D eigenvalue weighted by atomic mass is 10.0. The highest BCUT2D eigenvalue weighted by Crippen LogP contribution is 2.54. The van der Waals surface area contributed by atoms with Crippen molar-refractivity contribution in [2.24, 2.45) is 0 Å². The highest BCUT2D eigenvalue weighted by atomic mass is 16.4. The summed E-state index contributed by atoms with van der Waals surface area (Å²) in [6.45, 7) is 0. The normalized spacial score (nSPS) is 10.4. The fourth-order valence-corrected chi connectivity index (χ4v) is 3.47. The number of benzene rings is 4. The van der Waals surface area contributed by atoms with Gasteiger partial charge in [-0.1, -0.05) is 24.3 Å². The third-order valence-electron chi connectivity index (χ3n) is 5.24. The fourth-order valence-electron chi connectivity index (χ4n) is 3.47. The minimum absolute atomic E-state index is 0.131. The van der Waals surface area contributed by atoms with Crippen LogP contribution < -0.4 is 5.32 Å². The minimum Gasteiger partial charge on any atom is -0.504 e. The van der Waals surface area contributed by atoms with Crippen molar-refractivity contribution in [3.63, 3.8) is 0 Å². The number of nitrogens with one attached hydrogen (secondary N) is 1. The Morgan fingerprint density at radius 3 is 1.08 bits per heavy atom. The average Bonchev–Trinajstić information content (AvgIpc) is 2.88. The Bertz CT molecular complexity index is 1350. The molecule has 0 heterocycles. The van der Waals surface area contributed by atoms with Gasteiger partial charge in [0.15, 0.2) is 34.5 Å². The molecule has 0 spiro atoms. The number of phenols is 9. The van der Waals surface area contributed by atoms with Crippen LogP contribution in [0.1, 0.15) is 0 Å². The van der Waals surface area contributed by atoms with Gasteiger partial charge in [-0.15, -0.1) is 0 Å². The Morgan fingerprint density at radius 1 is 0.417 bits per heavy atom. The molecule has 4 rings (SSSR count). The van der Waals surface area contributed by atoms with Crippen LogP contribution in [0.15, 0.2) is 54.6 Å². The van der Waals surface area contributed by atoms with Crippen molar-refractivity contribution in [1.82, 2.24) is 0 Å². The lowest BCUT2D eigenvalue weighted by molar-refractivity contribution is 0.330. The Morgan fingerprint density at radius 2 is 0.722 bits per heavy atom. The van der Waals surface area contributed by atoms with E-state index in [1.54, 1.807) is 36.4 Å². The third-order valence-corrected chi connectivity index (χ3v) is 5.24. The quantitative estimate of drug-likeness (QED) is 0.144. The van der Waals surface area contributed by atoms with Crippen LogP contribution in [0.2, 0.25) is 0 Å². The van der Waals surface area contributed by atoms with E-state index in [0.29, 0.717) is 16.9 Å². The van der Waals surface area contributed by atoms with Crippen molar-refractivity contribution in [2.45, 2.75) is 0 Å². The summed E-state index contributed by atoms with van der Waals surface area (Å²) in [5.41, 5.74) is 1.37. The first kappa shape index (κ1) is 25.5. The number of aromatic hydroxyl groups is 9. The third kappa shape index (κ3) is 4.45. The van der Waals surface area contributed by atoms with Gasteiger partial charge in [-0.3, -0.25) is 0 Å². The first-order chi connectivity index (χ1) is 17.1. The maximum atomic E-state index is 10.1. The van der Waals surface area contributed by atoms with E-state index in [1.807, 2.05) is 0 Å². The molecule has 0 saturated heterocycles. The second-order valence-corrected chi connectivity index (χ2v) is 7.38. The first-order valence-corrected chi connectivity index (χ1v) is 10.2. The van der Waals surface area contributed by atoms with Gasteiger partial charge in [-0.2, -0.15) is 0 Å². The zero-order valence-electron chi connectivity index (χ0n) is 18.7. The SMILES string of the molecule is CO.Oc1cc(O)c(O)c(-c2ccc(Nc3ccc(-c4c(O)c(O)c(O)c(O)c4O)cc3)cc2)c1O. The van der Waals surface area contributed by atoms with Crippen molar-refractivity contribution in [3.05, 3.63) is 54.6 Å². The maximum Gasteiger partial charge on any atom is 0.208 e. The van der Waals surface area contributed by atoms with E-state index >= 15 is 0 Å². The van der Waals surface area contributed by atoms with Gasteiger partial charge in [0, 0.05) is 24.6 Å². The molecule has 0 fully saturated rings. The van der Waals surface area contributed by atoms with Crippen LogP contribution in [0.5, 0.6) is 51.7 Å². The Labute approximate surface area is 203 Å². The molecule has 188 valence electrons. The van der Waals surface area contributed by atoms with Crippen molar-refractivity contribution in [3.8, 4) is 74.0 Å². The minimum atomic E-state index is -1.04. The first-order valence-electron chi connectivity index (χ1n) is 10.2. The van der Waals surface area contributed by atoms with Crippen LogP contribution in [0.25, 0.3) is 22.3 Å². The zero-order chi connectivity index (χ0) is 26.7. The molecule has 4 aromatic rings. The van der Waals surface area contributed by atoms with Crippen LogP contribution in [0.4, 0.5) is 11.4 Å². The van der Waals surface area contributed by atoms with Gasteiger partial charge < -0.3 is 56.4 Å². The standard InChI is InChI=1S/C24H19NO9.CH4O/c26-14-9-15(27)19(29)16(18(14)28)10-1-5-12(6-2-10)25-13-7-3-11(4-8-13)17-20(30)22(32)24(34)23(33)21(17)31;1-2/h1-9,25-34H;2H,1H3. The summed E-state index contributed by atoms with van der Waals surface area (Å²) in [5.74, 6) is -6.90. The fraction of sp³-hybridized carbons (Fsp3) is 0.0400. The highest BCUT2D eigenvalue weighted by molar-refractivity contribution is 5.86. The van der Waals surface area contributed by atoms with Gasteiger partial charge in [0.1, 0.15) is 0 Å². The van der Waals surface area contributed by atoms with Crippen molar-refractivity contribution in [2.75, 3.05) is 12.4 Å². The number of hydrogen-bond acceptors (Lipinski definition) is 11. The molecule has 0 atom stereocenters. The average molecular weight is 497 g/mol. The monoisotopic (exact) mass is 497 g/mol. The van der Waals surface area contributed by atoms with Crippen LogP contribution in [0, 0.1) is 0 Å². The van der Waals surface area contributed by atoms with Crippen LogP contribution in [0.3, 0.4) is 0 Å². The van der Waals surface area contributed by atoms with Gasteiger partial charge >= 0.3 is 0 Å². The molecule has 4 aromatic carbocycles. The van der Waals surface area contributed by atoms with E-state index < -0.39 is 51.7 Å². The van der Waals surface area contributed by atoms with Crippen LogP contribution in [-0.4, -0.2) is 58.2 Å². The van der Waals surface area contributed by atoms with Crippen molar-refractivity contribution < 1.29 is 51.1 Å². The zero-order valence-corrected chi connectivity index (χ0v) is 18.7. The molecule has 0 unspecified atom stereocenters. The number of phenolic OH excluding ortho intramolecular Hbond substituents is 9. The molecule has 0 radical (unpaired) electrons. The number of anilines is 2. The predicted molar refractivity (Wildman–Crippen MR) is 130 cm³/mol. The summed E-state index contributed by atoms with van der Waals surface area (Å²) < 4.78 is 0. The van der Waals surface area contributed by atoms with Crippen LogP contribution in [-0.2, 0) is 0 Å². The molecule has 11 heteroatoms. The molecular weight excluding hydrogens is 474 g/mol. The topological polar surface area (TPSA) is 214 Å². The Balaban J connectivity index is 0.00000176. The van der Waals surface area contributed by atoms with E-state index in [2.05, 4.69) is 5.32 Å². The molecule has 0 aliphatic carbocycles. The number of hydrogen-bond donors (Lipinski definition) is 11. The molecule has 36 heavy (non-hydrogen) atoms. The molecule has 0 amide bonds. The Hall–Kier alpha value is -5.16. The van der Waals surface area contributed by atoms with E-state index in [1.165, 1.54) is 12.1 Å². The van der Waals surface area contributed by atoms with Gasteiger partial charge in [0.05, 0.1) is 11.1 Å². The summed E-state index contributed by atoms with van der Waals surface area (Å²) in [5, 5.41) is 98.7. The lowest BCUT2D eigenvalue weighted by Gasteiger charge is -2.14. The van der Waals surface area contributed by atoms with E-state index in [4.69, 9.17) is 5.11 Å². The largest absolute Gasteiger partial charge is 0.504 e. The van der Waals surface area contributed by atoms with E-state index in [9.17, 15) is 46.0 Å². The predicted octanol–water partition coefficient (Wildman–Crippen LogP) is 3.72. The summed E-state index contributed by atoms with van der Waals surface area (Å²) >= 11 is 0. The van der Waals surface area contributed by atoms with E-state index in [0.717, 1.165) is 13.2 Å². The molecule has 0 aliphatic heterocycles. The summed E-state index contributed by atoms with van der Waals surface area (Å²) in [7, 11) is 1.00. The molecule has 0 saturated carbocycles. The van der Waals surface area contributed by atoms with Gasteiger partial charge in [-0.25, -0.2) is 0 Å². The van der Waals surface area contributed by atoms with E-state index in [-0.39, 0.29) is 16.7 Å². The summed E-state index contributed by atoms with van der Waals surface area (Å²) in [4.78, 5) is 0. The molecular formula is C25H23NO10. The molecule has 0 aliphatic rings. The smallest absolute Gasteiger partial charge is 0.208 e. The molecule has 0 bridgehead atoms. The second kappa shape index (κ2) is 9.99. The maximum absolute atomic E-state index is 10.1. The molecule has 0 aromatic heterocycles. The van der Waals surface area contributed by atoms with Crippen LogP contribution >= 0.6 is 0 Å². The van der Waals surface area contributed by atoms with Crippen molar-refractivity contribution >= 4 is 11.4 Å². The number of aliphatic hydroxyl groups excluding tert-OH is 1. The molecule has 11 nitrogen and oxygen atoms in total. The number of rotatable bonds is 4. The second-order valence-electron chi connectivity index (χ2n) is 7.38. The summed E-state index contributed by atoms with van der Waals surface area (Å²) in [6, 6.07) is 13.3. The highest BCUT2D eigenvalue weighted by Gasteiger charge is 2.24. The Kier molecular flexibility index (Phi) is 7.07. The van der Waals surface area contributed by atoms with Gasteiger partial charge in [0.2, 0.25) is 17.2 Å². The lowest BCUT2D eigenvalue weighted by Crippen LogP contribution is -1.91. The van der Waals surface area contributed by atoms with Gasteiger partial charge in [0.25, 0.3) is 0 Å². The molecule has 11 N–H and O–H groups in total. The van der Waals surface area contributed by atoms with Crippen molar-refractivity contribution in [1.29, 1.82) is 0 Å². The summed E-state index contributed by atoms with van der Waals surface area (Å²) in [6.07, 6.45) is 0.